The van der Waals surface area contributed by atoms with Crippen LogP contribution in [0.3, 0.4) is 0 Å². The number of halogens is 4. The zero-order valence-corrected chi connectivity index (χ0v) is 10.1. The molecule has 0 unspecified atom stereocenters. The molecule has 4 nitrogen and oxygen atoms in total. The zero-order valence-electron chi connectivity index (χ0n) is 6.92. The molecule has 0 amide bonds. The summed E-state index contributed by atoms with van der Waals surface area (Å²) in [6.07, 6.45) is 0. The summed E-state index contributed by atoms with van der Waals surface area (Å²) in [6.45, 7) is -3.12. The molecule has 0 saturated heterocycles. The molecule has 0 bridgehead atoms. The second-order valence-corrected chi connectivity index (χ2v) is 3.99. The lowest BCUT2D eigenvalue weighted by Crippen LogP contribution is -2.05. The largest absolute Gasteiger partial charge is 0.426 e. The Kier molecular flexibility index (Phi) is 3.97. The average Bonchev–Trinajstić information content (AvgIpc) is 2.12. The summed E-state index contributed by atoms with van der Waals surface area (Å²) in [6, 6.07) is 2.44. The second-order valence-electron chi connectivity index (χ2n) is 2.35. The molecule has 0 heterocycles. The third-order valence-corrected chi connectivity index (χ3v) is 3.41. The molecular weight excluding hydrogens is 344 g/mol. The fourth-order valence-corrected chi connectivity index (χ4v) is 1.61. The maximum atomic E-state index is 12.0. The van der Waals surface area contributed by atoms with Crippen molar-refractivity contribution in [3.63, 3.8) is 0 Å². The van der Waals surface area contributed by atoms with E-state index in [9.17, 15) is 18.9 Å². The van der Waals surface area contributed by atoms with Gasteiger partial charge in [0.2, 0.25) is 5.75 Å². The Hall–Kier alpha value is -0.760. The first kappa shape index (κ1) is 12.3. The van der Waals surface area contributed by atoms with E-state index in [2.05, 4.69) is 36.6 Å². The summed E-state index contributed by atoms with van der Waals surface area (Å²) in [4.78, 5) is 9.71. The van der Waals surface area contributed by atoms with Crippen molar-refractivity contribution >= 4 is 37.5 Å². The summed E-state index contributed by atoms with van der Waals surface area (Å²) in [7, 11) is 0. The number of hydrogen-bond donors (Lipinski definition) is 0. The van der Waals surface area contributed by atoms with Crippen molar-refractivity contribution in [1.82, 2.24) is 0 Å². The molecule has 0 N–H and O–H groups in total. The number of nitro benzene ring substituents is 1. The first-order valence-electron chi connectivity index (χ1n) is 3.50. The Morgan fingerprint density at radius 3 is 2.47 bits per heavy atom. The van der Waals surface area contributed by atoms with Gasteiger partial charge in [0.1, 0.15) is 0 Å². The van der Waals surface area contributed by atoms with Crippen molar-refractivity contribution in [2.24, 2.45) is 0 Å². The minimum atomic E-state index is -3.12. The maximum Gasteiger partial charge on any atom is 0.387 e. The van der Waals surface area contributed by atoms with Crippen LogP contribution in [0.4, 0.5) is 14.5 Å². The molecule has 0 aliphatic heterocycles. The van der Waals surface area contributed by atoms with Crippen LogP contribution < -0.4 is 4.74 Å². The van der Waals surface area contributed by atoms with E-state index in [1.54, 1.807) is 0 Å². The number of alkyl halides is 2. The van der Waals surface area contributed by atoms with Crippen LogP contribution in [-0.2, 0) is 0 Å². The Balaban J connectivity index is 3.28. The van der Waals surface area contributed by atoms with Gasteiger partial charge < -0.3 is 4.74 Å². The molecule has 0 atom stereocenters. The molecule has 8 heteroatoms. The van der Waals surface area contributed by atoms with Gasteiger partial charge in [-0.25, -0.2) is 0 Å². The smallest absolute Gasteiger partial charge is 0.387 e. The molecule has 0 radical (unpaired) electrons. The number of ether oxygens (including phenoxy) is 1. The monoisotopic (exact) mass is 345 g/mol. The molecule has 0 aliphatic carbocycles. The van der Waals surface area contributed by atoms with Gasteiger partial charge in [-0.1, -0.05) is 0 Å². The predicted octanol–water partition coefficient (Wildman–Crippen LogP) is 3.72. The molecule has 0 aliphatic rings. The molecule has 82 valence electrons. The summed E-state index contributed by atoms with van der Waals surface area (Å²) in [5.74, 6) is -0.496. The van der Waals surface area contributed by atoms with Gasteiger partial charge in [-0.3, -0.25) is 10.1 Å². The van der Waals surface area contributed by atoms with Gasteiger partial charge in [0.25, 0.3) is 0 Å². The van der Waals surface area contributed by atoms with Crippen molar-refractivity contribution in [3.8, 4) is 5.75 Å². The van der Waals surface area contributed by atoms with Crippen LogP contribution >= 0.6 is 31.9 Å². The summed E-state index contributed by atoms with van der Waals surface area (Å²) in [5.41, 5.74) is -0.523. The Morgan fingerprint density at radius 2 is 2.00 bits per heavy atom. The standard InChI is InChI=1S/C7H3Br2F2NO3/c8-3-1-2-4(12(13)14)6(5(3)9)15-7(10)11/h1-2,7H. The zero-order chi connectivity index (χ0) is 11.6. The molecular formula is C7H3Br2F2NO3. The predicted molar refractivity (Wildman–Crippen MR) is 55.1 cm³/mol. The van der Waals surface area contributed by atoms with E-state index in [1.165, 1.54) is 6.07 Å². The van der Waals surface area contributed by atoms with Crippen LogP contribution in [0.1, 0.15) is 0 Å². The number of rotatable bonds is 3. The molecule has 0 aromatic heterocycles. The third kappa shape index (κ3) is 2.85. The van der Waals surface area contributed by atoms with Crippen molar-refractivity contribution in [2.75, 3.05) is 0 Å². The fourth-order valence-electron chi connectivity index (χ4n) is 0.867. The Bertz CT molecular complexity index is 400. The maximum absolute atomic E-state index is 12.0. The highest BCUT2D eigenvalue weighted by Gasteiger charge is 2.23. The topological polar surface area (TPSA) is 52.4 Å². The van der Waals surface area contributed by atoms with Crippen molar-refractivity contribution in [2.45, 2.75) is 6.61 Å². The van der Waals surface area contributed by atoms with Crippen LogP contribution in [0.15, 0.2) is 21.1 Å². The van der Waals surface area contributed by atoms with Crippen LogP contribution in [0.25, 0.3) is 0 Å². The molecule has 1 rings (SSSR count). The van der Waals surface area contributed by atoms with E-state index in [0.29, 0.717) is 4.47 Å². The lowest BCUT2D eigenvalue weighted by atomic mass is 10.3. The molecule has 15 heavy (non-hydrogen) atoms. The van der Waals surface area contributed by atoms with E-state index in [4.69, 9.17) is 0 Å². The first-order valence-corrected chi connectivity index (χ1v) is 5.09. The van der Waals surface area contributed by atoms with Gasteiger partial charge >= 0.3 is 12.3 Å². The normalized spacial score (nSPS) is 10.5. The highest BCUT2D eigenvalue weighted by atomic mass is 79.9. The van der Waals surface area contributed by atoms with Crippen LogP contribution in [0.2, 0.25) is 0 Å². The van der Waals surface area contributed by atoms with Gasteiger partial charge in [0.15, 0.2) is 0 Å². The van der Waals surface area contributed by atoms with Crippen molar-refractivity contribution in [3.05, 3.63) is 31.2 Å². The summed E-state index contributed by atoms with van der Waals surface area (Å²) >= 11 is 5.94. The number of nitro groups is 1. The van der Waals surface area contributed by atoms with Gasteiger partial charge in [-0.15, -0.1) is 0 Å². The van der Waals surface area contributed by atoms with E-state index in [0.717, 1.165) is 6.07 Å². The van der Waals surface area contributed by atoms with Gasteiger partial charge in [-0.2, -0.15) is 8.78 Å². The van der Waals surface area contributed by atoms with Crippen LogP contribution in [0, 0.1) is 10.1 Å². The minimum absolute atomic E-state index is 0.0806. The van der Waals surface area contributed by atoms with Crippen LogP contribution in [0.5, 0.6) is 5.75 Å². The highest BCUT2D eigenvalue weighted by Crippen LogP contribution is 2.40. The third-order valence-electron chi connectivity index (χ3n) is 1.43. The van der Waals surface area contributed by atoms with E-state index >= 15 is 0 Å². The number of benzene rings is 1. The van der Waals surface area contributed by atoms with Crippen molar-refractivity contribution in [1.29, 1.82) is 0 Å². The molecule has 0 fully saturated rings. The van der Waals surface area contributed by atoms with Gasteiger partial charge in [0, 0.05) is 10.5 Å². The van der Waals surface area contributed by atoms with Gasteiger partial charge in [-0.05, 0) is 37.9 Å². The molecule has 1 aromatic rings. The number of nitrogens with zero attached hydrogens (tertiary/aromatic N) is 1. The summed E-state index contributed by atoms with van der Waals surface area (Å²) in [5, 5.41) is 10.5. The van der Waals surface area contributed by atoms with E-state index < -0.39 is 23.0 Å². The Morgan fingerprint density at radius 1 is 1.40 bits per heavy atom. The highest BCUT2D eigenvalue weighted by molar-refractivity contribution is 9.13. The van der Waals surface area contributed by atoms with Crippen LogP contribution in [-0.4, -0.2) is 11.5 Å². The molecule has 1 aromatic carbocycles. The van der Waals surface area contributed by atoms with Crippen molar-refractivity contribution < 1.29 is 18.4 Å². The van der Waals surface area contributed by atoms with E-state index in [1.807, 2.05) is 0 Å². The molecule has 0 spiro atoms. The lowest BCUT2D eigenvalue weighted by Gasteiger charge is -2.08. The SMILES string of the molecule is O=[N+]([O-])c1ccc(Br)c(Br)c1OC(F)F. The average molecular weight is 347 g/mol. The fraction of sp³-hybridized carbons (Fsp3) is 0.143. The first-order chi connectivity index (χ1) is 6.93. The van der Waals surface area contributed by atoms with E-state index in [-0.39, 0.29) is 4.47 Å². The minimum Gasteiger partial charge on any atom is -0.426 e. The summed E-state index contributed by atoms with van der Waals surface area (Å²) < 4.78 is 28.5. The quantitative estimate of drug-likeness (QED) is 0.619. The van der Waals surface area contributed by atoms with Gasteiger partial charge in [0.05, 0.1) is 9.40 Å². The second kappa shape index (κ2) is 4.84. The number of hydrogen-bond acceptors (Lipinski definition) is 3. The Labute approximate surface area is 99.6 Å². The molecule has 0 saturated carbocycles. The lowest BCUT2D eigenvalue weighted by molar-refractivity contribution is -0.386.